The van der Waals surface area contributed by atoms with Crippen molar-refractivity contribution < 1.29 is 13.9 Å². The van der Waals surface area contributed by atoms with Crippen molar-refractivity contribution in [3.63, 3.8) is 0 Å². The van der Waals surface area contributed by atoms with E-state index in [-0.39, 0.29) is 5.63 Å². The third-order valence-corrected chi connectivity index (χ3v) is 6.99. The summed E-state index contributed by atoms with van der Waals surface area (Å²) in [5.74, 6) is 2.03. The van der Waals surface area contributed by atoms with E-state index in [4.69, 9.17) is 13.9 Å². The van der Waals surface area contributed by atoms with Crippen LogP contribution in [-0.4, -0.2) is 38.3 Å². The second-order valence-electron chi connectivity index (χ2n) is 8.93. The van der Waals surface area contributed by atoms with E-state index in [1.807, 2.05) is 6.07 Å². The molecule has 0 N–H and O–H groups in total. The number of nitrogens with zero attached hydrogens (tertiary/aromatic N) is 1. The molecule has 5 rings (SSSR count). The number of aryl methyl sites for hydroxylation is 1. The number of hydrogen-bond acceptors (Lipinski definition) is 5. The van der Waals surface area contributed by atoms with Gasteiger partial charge in [0.2, 0.25) is 0 Å². The molecule has 168 valence electrons. The molecule has 0 atom stereocenters. The molecule has 2 aromatic carbocycles. The fourth-order valence-corrected chi connectivity index (χ4v) is 5.25. The van der Waals surface area contributed by atoms with Gasteiger partial charge in [0.05, 0.1) is 13.7 Å². The van der Waals surface area contributed by atoms with Crippen LogP contribution < -0.4 is 15.1 Å². The molecule has 0 amide bonds. The third-order valence-electron chi connectivity index (χ3n) is 6.99. The summed E-state index contributed by atoms with van der Waals surface area (Å²) in [5, 5.41) is 0.982. The molecule has 5 nitrogen and oxygen atoms in total. The smallest absolute Gasteiger partial charge is 0.339 e. The largest absolute Gasteiger partial charge is 0.493 e. The van der Waals surface area contributed by atoms with Crippen LogP contribution >= 0.6 is 0 Å². The zero-order valence-electron chi connectivity index (χ0n) is 18.8. The Labute approximate surface area is 188 Å². The zero-order valence-corrected chi connectivity index (χ0v) is 18.8. The van der Waals surface area contributed by atoms with Gasteiger partial charge >= 0.3 is 5.63 Å². The maximum absolute atomic E-state index is 12.2. The first-order valence-corrected chi connectivity index (χ1v) is 11.8. The lowest BCUT2D eigenvalue weighted by Crippen LogP contribution is -2.34. The van der Waals surface area contributed by atoms with Gasteiger partial charge in [0.1, 0.15) is 5.58 Å². The fourth-order valence-electron chi connectivity index (χ4n) is 5.25. The Morgan fingerprint density at radius 3 is 2.59 bits per heavy atom. The molecule has 0 bridgehead atoms. The third kappa shape index (κ3) is 4.26. The highest BCUT2D eigenvalue weighted by Crippen LogP contribution is 2.36. The molecular formula is C27H31NO4. The van der Waals surface area contributed by atoms with Crippen LogP contribution in [0.4, 0.5) is 0 Å². The minimum Gasteiger partial charge on any atom is -0.493 e. The average Bonchev–Trinajstić information content (AvgIpc) is 3.34. The molecule has 0 saturated carbocycles. The van der Waals surface area contributed by atoms with Crippen LogP contribution in [0, 0.1) is 0 Å². The highest BCUT2D eigenvalue weighted by atomic mass is 16.5. The summed E-state index contributed by atoms with van der Waals surface area (Å²) < 4.78 is 17.2. The van der Waals surface area contributed by atoms with Crippen molar-refractivity contribution >= 4 is 11.0 Å². The molecule has 1 saturated heterocycles. The number of fused-ring (bicyclic) bond motifs is 3. The Morgan fingerprint density at radius 2 is 1.81 bits per heavy atom. The van der Waals surface area contributed by atoms with E-state index in [0.717, 1.165) is 67.6 Å². The first-order chi connectivity index (χ1) is 15.7. The highest BCUT2D eigenvalue weighted by Gasteiger charge is 2.22. The van der Waals surface area contributed by atoms with E-state index in [9.17, 15) is 4.79 Å². The van der Waals surface area contributed by atoms with Gasteiger partial charge in [-0.3, -0.25) is 0 Å². The summed E-state index contributed by atoms with van der Waals surface area (Å²) >= 11 is 0. The van der Waals surface area contributed by atoms with Gasteiger partial charge in [0.25, 0.3) is 0 Å². The van der Waals surface area contributed by atoms with Crippen molar-refractivity contribution in [1.29, 1.82) is 0 Å². The molecule has 2 heterocycles. The molecule has 32 heavy (non-hydrogen) atoms. The summed E-state index contributed by atoms with van der Waals surface area (Å²) in [6, 6.07) is 14.7. The Kier molecular flexibility index (Phi) is 6.17. The van der Waals surface area contributed by atoms with Crippen molar-refractivity contribution in [1.82, 2.24) is 4.90 Å². The second-order valence-corrected chi connectivity index (χ2v) is 8.93. The van der Waals surface area contributed by atoms with E-state index in [1.165, 1.54) is 18.4 Å². The van der Waals surface area contributed by atoms with E-state index < -0.39 is 0 Å². The lowest BCUT2D eigenvalue weighted by atomic mass is 9.89. The number of ether oxygens (including phenoxy) is 2. The van der Waals surface area contributed by atoms with Crippen molar-refractivity contribution in [2.45, 2.75) is 44.4 Å². The van der Waals surface area contributed by atoms with Crippen molar-refractivity contribution in [2.24, 2.45) is 0 Å². The SMILES string of the molecule is COc1cc2oc(=O)c3c(c2cc1OCCCN1CCC(c2ccccc2)CC1)CCC3. The van der Waals surface area contributed by atoms with Gasteiger partial charge in [-0.1, -0.05) is 30.3 Å². The minimum atomic E-state index is -0.211. The summed E-state index contributed by atoms with van der Waals surface area (Å²) in [4.78, 5) is 14.8. The number of likely N-dealkylation sites (tertiary alicyclic amines) is 1. The predicted molar refractivity (Wildman–Crippen MR) is 126 cm³/mol. The van der Waals surface area contributed by atoms with Gasteiger partial charge < -0.3 is 18.8 Å². The second kappa shape index (κ2) is 9.37. The number of piperidine rings is 1. The standard InChI is InChI=1S/C27H31NO4/c1-30-25-18-24-23(21-9-5-10-22(21)27(29)32-24)17-26(25)31-16-6-13-28-14-11-20(12-15-28)19-7-3-2-4-8-19/h2-4,7-8,17-18,20H,5-6,9-16H2,1H3. The molecule has 2 aliphatic rings. The number of benzene rings is 2. The highest BCUT2D eigenvalue weighted by molar-refractivity contribution is 5.85. The molecule has 5 heteroatoms. The fraction of sp³-hybridized carbons (Fsp3) is 0.444. The molecule has 0 unspecified atom stereocenters. The van der Waals surface area contributed by atoms with Gasteiger partial charge in [-0.05, 0) is 74.7 Å². The van der Waals surface area contributed by atoms with Crippen LogP contribution in [-0.2, 0) is 12.8 Å². The molecule has 1 aliphatic heterocycles. The summed E-state index contributed by atoms with van der Waals surface area (Å²) in [6.45, 7) is 3.97. The van der Waals surface area contributed by atoms with Crippen molar-refractivity contribution in [3.05, 3.63) is 69.6 Å². The van der Waals surface area contributed by atoms with Crippen LogP contribution in [0.25, 0.3) is 11.0 Å². The predicted octanol–water partition coefficient (Wildman–Crippen LogP) is 4.94. The Morgan fingerprint density at radius 1 is 1.03 bits per heavy atom. The topological polar surface area (TPSA) is 51.9 Å². The molecule has 0 spiro atoms. The number of methoxy groups -OCH3 is 1. The molecule has 3 aromatic rings. The molecule has 1 aromatic heterocycles. The van der Waals surface area contributed by atoms with E-state index >= 15 is 0 Å². The van der Waals surface area contributed by atoms with E-state index in [0.29, 0.717) is 23.9 Å². The number of rotatable bonds is 7. The molecule has 1 aliphatic carbocycles. The average molecular weight is 434 g/mol. The molecular weight excluding hydrogens is 402 g/mol. The first-order valence-electron chi connectivity index (χ1n) is 11.8. The number of hydrogen-bond donors (Lipinski definition) is 0. The summed E-state index contributed by atoms with van der Waals surface area (Å²) in [6.07, 6.45) is 6.14. The Hall–Kier alpha value is -2.79. The van der Waals surface area contributed by atoms with Crippen molar-refractivity contribution in [2.75, 3.05) is 33.4 Å². The summed E-state index contributed by atoms with van der Waals surface area (Å²) in [5.41, 5.74) is 3.79. The lowest BCUT2D eigenvalue weighted by Gasteiger charge is -2.32. The van der Waals surface area contributed by atoms with E-state index in [1.54, 1.807) is 13.2 Å². The molecule has 1 fully saturated rings. The van der Waals surface area contributed by atoms with Crippen LogP contribution in [0.2, 0.25) is 0 Å². The quantitative estimate of drug-likeness (QED) is 0.390. The van der Waals surface area contributed by atoms with Gasteiger partial charge in [-0.15, -0.1) is 0 Å². The van der Waals surface area contributed by atoms with Crippen LogP contribution in [0.15, 0.2) is 51.7 Å². The van der Waals surface area contributed by atoms with Gasteiger partial charge in [-0.25, -0.2) is 4.79 Å². The van der Waals surface area contributed by atoms with Crippen molar-refractivity contribution in [3.8, 4) is 11.5 Å². The monoisotopic (exact) mass is 433 g/mol. The normalized spacial score (nSPS) is 16.9. The maximum atomic E-state index is 12.2. The van der Waals surface area contributed by atoms with E-state index in [2.05, 4.69) is 35.2 Å². The van der Waals surface area contributed by atoms with Crippen LogP contribution in [0.3, 0.4) is 0 Å². The maximum Gasteiger partial charge on any atom is 0.339 e. The van der Waals surface area contributed by atoms with Gasteiger partial charge in [-0.2, -0.15) is 0 Å². The Balaban J connectivity index is 1.18. The first kappa shape index (κ1) is 21.1. The molecule has 0 radical (unpaired) electrons. The minimum absolute atomic E-state index is 0.211. The zero-order chi connectivity index (χ0) is 21.9. The Bertz CT molecular complexity index is 1130. The van der Waals surface area contributed by atoms with Gasteiger partial charge in [0.15, 0.2) is 11.5 Å². The van der Waals surface area contributed by atoms with Crippen LogP contribution in [0.1, 0.15) is 48.3 Å². The summed E-state index contributed by atoms with van der Waals surface area (Å²) in [7, 11) is 1.62. The van der Waals surface area contributed by atoms with Crippen LogP contribution in [0.5, 0.6) is 11.5 Å². The lowest BCUT2D eigenvalue weighted by molar-refractivity contribution is 0.191. The van der Waals surface area contributed by atoms with Gasteiger partial charge in [0, 0.05) is 23.6 Å².